The minimum Gasteiger partial charge on any atom is -0.276 e. The summed E-state index contributed by atoms with van der Waals surface area (Å²) in [6.07, 6.45) is 0. The summed E-state index contributed by atoms with van der Waals surface area (Å²) < 4.78 is 6.44. The van der Waals surface area contributed by atoms with E-state index in [1.165, 1.54) is 0 Å². The van der Waals surface area contributed by atoms with Crippen LogP contribution in [0, 0.1) is 11.3 Å². The summed E-state index contributed by atoms with van der Waals surface area (Å²) in [6.45, 7) is 0. The second-order valence-corrected chi connectivity index (χ2v) is 7.95. The van der Waals surface area contributed by atoms with E-state index in [4.69, 9.17) is 9.97 Å². The maximum Gasteiger partial charge on any atom is 0.223 e. The van der Waals surface area contributed by atoms with Gasteiger partial charge in [-0.15, -0.1) is 0 Å². The summed E-state index contributed by atoms with van der Waals surface area (Å²) in [5.74, 6) is 1.50. The molecule has 6 heteroatoms. The lowest BCUT2D eigenvalue weighted by molar-refractivity contribution is 1.03. The first-order valence-corrected chi connectivity index (χ1v) is 10.7. The molecular weight excluding hydrogens is 408 g/mol. The normalized spacial score (nSPS) is 11.6. The Bertz CT molecular complexity index is 1810. The average Bonchev–Trinajstić information content (AvgIpc) is 3.40. The zero-order chi connectivity index (χ0) is 21.9. The van der Waals surface area contributed by atoms with Crippen molar-refractivity contribution in [1.29, 1.82) is 5.26 Å². The first-order valence-electron chi connectivity index (χ1n) is 10.7. The van der Waals surface area contributed by atoms with Crippen molar-refractivity contribution in [1.82, 2.24) is 23.3 Å². The summed E-state index contributed by atoms with van der Waals surface area (Å²) in [4.78, 5) is 10.1. The predicted octanol–water partition coefficient (Wildman–Crippen LogP) is 5.67. The predicted molar refractivity (Wildman–Crippen MR) is 129 cm³/mol. The van der Waals surface area contributed by atoms with Crippen molar-refractivity contribution in [3.05, 3.63) is 103 Å². The molecule has 0 aliphatic carbocycles. The average molecular weight is 424 g/mol. The van der Waals surface area contributed by atoms with Crippen LogP contribution in [0.15, 0.2) is 97.1 Å². The van der Waals surface area contributed by atoms with Crippen LogP contribution in [0.25, 0.3) is 50.3 Å². The second-order valence-electron chi connectivity index (χ2n) is 7.95. The Balaban J connectivity index is 1.85. The molecule has 0 saturated heterocycles. The van der Waals surface area contributed by atoms with Crippen molar-refractivity contribution in [2.24, 2.45) is 0 Å². The van der Waals surface area contributed by atoms with Crippen LogP contribution in [0.2, 0.25) is 0 Å². The molecule has 0 bridgehead atoms. The lowest BCUT2D eigenvalue weighted by Crippen LogP contribution is -2.02. The number of fused-ring (bicyclic) bond motifs is 9. The summed E-state index contributed by atoms with van der Waals surface area (Å²) >= 11 is 0. The van der Waals surface area contributed by atoms with Gasteiger partial charge in [0.15, 0.2) is 0 Å². The van der Waals surface area contributed by atoms with Crippen LogP contribution in [-0.4, -0.2) is 23.3 Å². The Hall–Kier alpha value is -4.89. The molecule has 0 fully saturated rings. The number of nitrogens with zero attached hydrogens (tertiary/aromatic N) is 6. The van der Waals surface area contributed by atoms with Gasteiger partial charge in [0, 0.05) is 0 Å². The van der Waals surface area contributed by atoms with Crippen molar-refractivity contribution in [2.45, 2.75) is 0 Å². The maximum absolute atomic E-state index is 9.31. The van der Waals surface area contributed by atoms with Crippen LogP contribution in [0.1, 0.15) is 5.56 Å². The largest absolute Gasteiger partial charge is 0.276 e. The quantitative estimate of drug-likeness (QED) is 0.341. The zero-order valence-corrected chi connectivity index (χ0v) is 17.4. The smallest absolute Gasteiger partial charge is 0.223 e. The number of hydrogen-bond acceptors (Lipinski definition) is 3. The molecule has 0 aliphatic rings. The molecule has 0 aliphatic heterocycles. The molecule has 7 rings (SSSR count). The van der Waals surface area contributed by atoms with Gasteiger partial charge in [-0.25, -0.2) is 14.5 Å². The monoisotopic (exact) mass is 424 g/mol. The highest BCUT2D eigenvalue weighted by Crippen LogP contribution is 2.29. The Morgan fingerprint density at radius 2 is 1.00 bits per heavy atom. The lowest BCUT2D eigenvalue weighted by atomic mass is 10.2. The second kappa shape index (κ2) is 6.55. The van der Waals surface area contributed by atoms with E-state index in [-0.39, 0.29) is 0 Å². The fraction of sp³-hybridized carbons (Fsp3) is 0. The van der Waals surface area contributed by atoms with Crippen LogP contribution in [0.5, 0.6) is 0 Å². The van der Waals surface area contributed by atoms with Crippen molar-refractivity contribution < 1.29 is 0 Å². The van der Waals surface area contributed by atoms with Gasteiger partial charge in [0.25, 0.3) is 0 Å². The molecule has 33 heavy (non-hydrogen) atoms. The third-order valence-electron chi connectivity index (χ3n) is 6.10. The van der Waals surface area contributed by atoms with Gasteiger partial charge in [-0.05, 0) is 60.7 Å². The van der Waals surface area contributed by atoms with Gasteiger partial charge in [-0.2, -0.15) is 5.26 Å². The highest BCUT2D eigenvalue weighted by molar-refractivity contribution is 5.92. The van der Waals surface area contributed by atoms with Gasteiger partial charge in [0.05, 0.1) is 50.4 Å². The van der Waals surface area contributed by atoms with Crippen LogP contribution < -0.4 is 0 Å². The van der Waals surface area contributed by atoms with E-state index < -0.39 is 0 Å². The Kier molecular flexibility index (Phi) is 3.53. The first kappa shape index (κ1) is 17.8. The van der Waals surface area contributed by atoms with Crippen molar-refractivity contribution in [3.8, 4) is 11.8 Å². The molecule has 0 amide bonds. The summed E-state index contributed by atoms with van der Waals surface area (Å²) in [5, 5.41) is 9.31. The number of aromatic nitrogens is 5. The molecule has 0 N–H and O–H groups in total. The Labute approximate surface area is 187 Å². The van der Waals surface area contributed by atoms with Gasteiger partial charge in [0.2, 0.25) is 11.6 Å². The number of benzene rings is 4. The molecular formula is C27H16N6. The third-order valence-corrected chi connectivity index (χ3v) is 6.10. The molecule has 3 heterocycles. The molecule has 6 nitrogen and oxygen atoms in total. The first-order chi connectivity index (χ1) is 16.3. The number of rotatable bonds is 1. The SMILES string of the molecule is N#Cc1ccc(-n2c3nc4ccccc4n3c3ccccc3n3c4ccccc4nc23)cc1. The van der Waals surface area contributed by atoms with Gasteiger partial charge in [-0.1, -0.05) is 36.4 Å². The molecule has 0 atom stereocenters. The van der Waals surface area contributed by atoms with E-state index in [0.29, 0.717) is 5.56 Å². The molecule has 3 aromatic heterocycles. The maximum atomic E-state index is 9.31. The number of nitriles is 1. The van der Waals surface area contributed by atoms with E-state index in [1.54, 1.807) is 0 Å². The zero-order valence-electron chi connectivity index (χ0n) is 17.4. The molecule has 7 aromatic rings. The molecule has 4 aromatic carbocycles. The standard InChI is InChI=1S/C27H16N6/c28-17-18-13-15-19(16-14-18)31-26-29-20-7-1-3-9-22(20)32(26)24-11-5-6-12-25(24)33-23-10-4-2-8-21(23)30-27(31)33/h1-16H. The lowest BCUT2D eigenvalue weighted by Gasteiger charge is -2.06. The van der Waals surface area contributed by atoms with Crippen molar-refractivity contribution in [3.63, 3.8) is 0 Å². The molecule has 0 unspecified atom stereocenters. The molecule has 0 radical (unpaired) electrons. The van der Waals surface area contributed by atoms with E-state index in [0.717, 1.165) is 50.3 Å². The fourth-order valence-electron chi connectivity index (χ4n) is 4.65. The number of para-hydroxylation sites is 6. The Morgan fingerprint density at radius 3 is 1.48 bits per heavy atom. The van der Waals surface area contributed by atoms with Gasteiger partial charge >= 0.3 is 0 Å². The summed E-state index contributed by atoms with van der Waals surface area (Å²) in [7, 11) is 0. The van der Waals surface area contributed by atoms with E-state index in [2.05, 4.69) is 43.7 Å². The van der Waals surface area contributed by atoms with Crippen LogP contribution in [0.4, 0.5) is 0 Å². The van der Waals surface area contributed by atoms with Crippen LogP contribution in [0.3, 0.4) is 0 Å². The van der Waals surface area contributed by atoms with Gasteiger partial charge < -0.3 is 0 Å². The molecule has 0 saturated carbocycles. The number of imidazole rings is 2. The highest BCUT2D eigenvalue weighted by atomic mass is 15.3. The summed E-state index contributed by atoms with van der Waals surface area (Å²) in [6, 6.07) is 34.4. The number of hydrogen-bond donors (Lipinski definition) is 0. The van der Waals surface area contributed by atoms with Gasteiger partial charge in [0.1, 0.15) is 0 Å². The molecule has 154 valence electrons. The van der Waals surface area contributed by atoms with Gasteiger partial charge in [-0.3, -0.25) is 8.80 Å². The molecule has 0 spiro atoms. The van der Waals surface area contributed by atoms with Crippen molar-refractivity contribution in [2.75, 3.05) is 0 Å². The highest BCUT2D eigenvalue weighted by Gasteiger charge is 2.18. The summed E-state index contributed by atoms with van der Waals surface area (Å²) in [5.41, 5.74) is 7.41. The van der Waals surface area contributed by atoms with Crippen LogP contribution >= 0.6 is 0 Å². The van der Waals surface area contributed by atoms with E-state index in [1.807, 2.05) is 72.8 Å². The topological polar surface area (TPSA) is 63.3 Å². The van der Waals surface area contributed by atoms with Crippen LogP contribution in [-0.2, 0) is 0 Å². The Morgan fingerprint density at radius 1 is 0.545 bits per heavy atom. The third kappa shape index (κ3) is 2.42. The van der Waals surface area contributed by atoms with E-state index >= 15 is 0 Å². The fourth-order valence-corrected chi connectivity index (χ4v) is 4.65. The van der Waals surface area contributed by atoms with E-state index in [9.17, 15) is 5.26 Å². The van der Waals surface area contributed by atoms with Crippen molar-refractivity contribution >= 4 is 44.7 Å². The minimum atomic E-state index is 0.610. The minimum absolute atomic E-state index is 0.610.